The molecule has 0 amide bonds. The molecule has 1 aliphatic rings. The molecule has 114 valence electrons. The first-order valence-electron chi connectivity index (χ1n) is 7.06. The zero-order valence-corrected chi connectivity index (χ0v) is 12.7. The van der Waals surface area contributed by atoms with Crippen LogP contribution in [0.25, 0.3) is 22.5 Å². The maximum absolute atomic E-state index is 6.17. The summed E-state index contributed by atoms with van der Waals surface area (Å²) >= 11 is 6.17. The summed E-state index contributed by atoms with van der Waals surface area (Å²) in [7, 11) is 0. The van der Waals surface area contributed by atoms with Crippen LogP contribution in [0.5, 0.6) is 0 Å². The van der Waals surface area contributed by atoms with Crippen LogP contribution in [0.4, 0.5) is 6.01 Å². The molecule has 0 spiro atoms. The Labute approximate surface area is 131 Å². The van der Waals surface area contributed by atoms with Crippen LogP contribution >= 0.6 is 11.6 Å². The highest BCUT2D eigenvalue weighted by Crippen LogP contribution is 2.33. The maximum Gasteiger partial charge on any atom is 0.298 e. The van der Waals surface area contributed by atoms with Gasteiger partial charge in [0, 0.05) is 30.7 Å². The lowest BCUT2D eigenvalue weighted by atomic mass is 10.2. The molecule has 3 heterocycles. The molecule has 0 radical (unpaired) electrons. The second-order valence-corrected chi connectivity index (χ2v) is 5.74. The van der Waals surface area contributed by atoms with E-state index in [0.29, 0.717) is 39.6 Å². The number of fused-ring (bicyclic) bond motifs is 1. The Morgan fingerprint density at radius 3 is 3.09 bits per heavy atom. The van der Waals surface area contributed by atoms with Crippen LogP contribution in [0.2, 0.25) is 5.02 Å². The number of anilines is 1. The molecule has 0 saturated carbocycles. The standard InChI is InChI=1S/C14H14ClN5O2/c1-8-6-16-2-3-20(8)14-18-11-5-9(15)4-10(12(11)22-14)13-17-7-21-19-13/h4-5,7-8,16H,2-3,6H2,1H3. The summed E-state index contributed by atoms with van der Waals surface area (Å²) in [6, 6.07) is 4.44. The summed E-state index contributed by atoms with van der Waals surface area (Å²) in [5.41, 5.74) is 1.98. The second-order valence-electron chi connectivity index (χ2n) is 5.30. The van der Waals surface area contributed by atoms with E-state index in [2.05, 4.69) is 32.3 Å². The van der Waals surface area contributed by atoms with Crippen LogP contribution in [-0.4, -0.2) is 40.8 Å². The molecule has 1 unspecified atom stereocenters. The first kappa shape index (κ1) is 13.5. The molecule has 1 fully saturated rings. The molecule has 8 heteroatoms. The fraction of sp³-hybridized carbons (Fsp3) is 0.357. The fourth-order valence-electron chi connectivity index (χ4n) is 2.69. The normalized spacial score (nSPS) is 19.0. The minimum atomic E-state index is 0.311. The van der Waals surface area contributed by atoms with Crippen LogP contribution in [-0.2, 0) is 0 Å². The highest BCUT2D eigenvalue weighted by atomic mass is 35.5. The van der Waals surface area contributed by atoms with E-state index in [1.165, 1.54) is 6.39 Å². The van der Waals surface area contributed by atoms with Crippen molar-refractivity contribution < 1.29 is 8.94 Å². The molecule has 2 aromatic heterocycles. The lowest BCUT2D eigenvalue weighted by Gasteiger charge is -2.32. The Morgan fingerprint density at radius 1 is 1.41 bits per heavy atom. The van der Waals surface area contributed by atoms with Gasteiger partial charge in [-0.15, -0.1) is 0 Å². The summed E-state index contributed by atoms with van der Waals surface area (Å²) in [6.07, 6.45) is 1.28. The number of nitrogens with one attached hydrogen (secondary N) is 1. The van der Waals surface area contributed by atoms with Gasteiger partial charge >= 0.3 is 0 Å². The van der Waals surface area contributed by atoms with Crippen LogP contribution < -0.4 is 10.2 Å². The molecular weight excluding hydrogens is 306 g/mol. The molecule has 3 aromatic rings. The summed E-state index contributed by atoms with van der Waals surface area (Å²) in [6.45, 7) is 4.78. The lowest BCUT2D eigenvalue weighted by Crippen LogP contribution is -2.50. The Hall–Kier alpha value is -2.12. The number of nitrogens with zero attached hydrogens (tertiary/aromatic N) is 4. The largest absolute Gasteiger partial charge is 0.423 e. The van der Waals surface area contributed by atoms with E-state index in [1.807, 2.05) is 0 Å². The zero-order chi connectivity index (χ0) is 15.1. The molecule has 0 aliphatic carbocycles. The third kappa shape index (κ3) is 2.22. The smallest absolute Gasteiger partial charge is 0.298 e. The van der Waals surface area contributed by atoms with Gasteiger partial charge in [0.1, 0.15) is 5.52 Å². The van der Waals surface area contributed by atoms with Gasteiger partial charge in [0.05, 0.1) is 5.56 Å². The van der Waals surface area contributed by atoms with Gasteiger partial charge in [-0.2, -0.15) is 9.97 Å². The van der Waals surface area contributed by atoms with Crippen molar-refractivity contribution >= 4 is 28.7 Å². The average Bonchev–Trinajstić information content (AvgIpc) is 3.15. The summed E-state index contributed by atoms with van der Waals surface area (Å²) in [5, 5.41) is 7.76. The van der Waals surface area contributed by atoms with E-state index < -0.39 is 0 Å². The average molecular weight is 320 g/mol. The molecule has 1 atom stereocenters. The lowest BCUT2D eigenvalue weighted by molar-refractivity contribution is 0.418. The Balaban J connectivity index is 1.85. The zero-order valence-electron chi connectivity index (χ0n) is 11.9. The van der Waals surface area contributed by atoms with Gasteiger partial charge in [-0.25, -0.2) is 0 Å². The van der Waals surface area contributed by atoms with E-state index in [9.17, 15) is 0 Å². The van der Waals surface area contributed by atoms with Crippen molar-refractivity contribution in [3.05, 3.63) is 23.5 Å². The van der Waals surface area contributed by atoms with Crippen molar-refractivity contribution in [3.8, 4) is 11.4 Å². The molecule has 1 N–H and O–H groups in total. The molecular formula is C14H14ClN5O2. The van der Waals surface area contributed by atoms with Crippen molar-refractivity contribution in [1.29, 1.82) is 0 Å². The molecule has 22 heavy (non-hydrogen) atoms. The van der Waals surface area contributed by atoms with E-state index in [-0.39, 0.29) is 0 Å². The minimum absolute atomic E-state index is 0.311. The van der Waals surface area contributed by atoms with Gasteiger partial charge in [0.25, 0.3) is 6.01 Å². The fourth-order valence-corrected chi connectivity index (χ4v) is 2.90. The number of oxazole rings is 1. The van der Waals surface area contributed by atoms with Gasteiger partial charge in [0.2, 0.25) is 12.2 Å². The minimum Gasteiger partial charge on any atom is -0.423 e. The van der Waals surface area contributed by atoms with Crippen LogP contribution in [0.15, 0.2) is 27.5 Å². The van der Waals surface area contributed by atoms with Crippen LogP contribution in [0, 0.1) is 0 Å². The number of hydrogen-bond donors (Lipinski definition) is 1. The van der Waals surface area contributed by atoms with E-state index in [4.69, 9.17) is 20.5 Å². The molecule has 1 saturated heterocycles. The summed E-state index contributed by atoms with van der Waals surface area (Å²) in [5.74, 6) is 0.434. The van der Waals surface area contributed by atoms with E-state index >= 15 is 0 Å². The predicted molar refractivity (Wildman–Crippen MR) is 82.0 cm³/mol. The number of rotatable bonds is 2. The monoisotopic (exact) mass is 319 g/mol. The van der Waals surface area contributed by atoms with Crippen LogP contribution in [0.1, 0.15) is 6.92 Å². The number of aromatic nitrogens is 3. The first-order chi connectivity index (χ1) is 10.7. The summed E-state index contributed by atoms with van der Waals surface area (Å²) < 4.78 is 10.8. The van der Waals surface area contributed by atoms with Gasteiger partial charge in [-0.1, -0.05) is 16.8 Å². The molecule has 7 nitrogen and oxygen atoms in total. The third-order valence-corrected chi connectivity index (χ3v) is 4.01. The SMILES string of the molecule is CC1CNCCN1c1nc2cc(Cl)cc(-c3ncon3)c2o1. The Morgan fingerprint density at radius 2 is 2.32 bits per heavy atom. The molecule has 0 bridgehead atoms. The molecule has 1 aromatic carbocycles. The number of hydrogen-bond acceptors (Lipinski definition) is 7. The predicted octanol–water partition coefficient (Wildman–Crippen LogP) is 2.33. The molecule has 4 rings (SSSR count). The number of piperazine rings is 1. The van der Waals surface area contributed by atoms with Gasteiger partial charge < -0.3 is 19.2 Å². The Bertz CT molecular complexity index is 801. The van der Waals surface area contributed by atoms with Gasteiger partial charge in [0.15, 0.2) is 5.58 Å². The van der Waals surface area contributed by atoms with E-state index in [0.717, 1.165) is 19.6 Å². The van der Waals surface area contributed by atoms with Crippen LogP contribution in [0.3, 0.4) is 0 Å². The molecule has 1 aliphatic heterocycles. The highest BCUT2D eigenvalue weighted by Gasteiger charge is 2.24. The number of benzene rings is 1. The quantitative estimate of drug-likeness (QED) is 0.776. The summed E-state index contributed by atoms with van der Waals surface area (Å²) in [4.78, 5) is 10.8. The van der Waals surface area contributed by atoms with Crippen molar-refractivity contribution in [3.63, 3.8) is 0 Å². The maximum atomic E-state index is 6.17. The van der Waals surface area contributed by atoms with Crippen molar-refractivity contribution in [2.45, 2.75) is 13.0 Å². The topological polar surface area (TPSA) is 80.2 Å². The number of halogens is 1. The van der Waals surface area contributed by atoms with Gasteiger partial charge in [-0.05, 0) is 19.1 Å². The van der Waals surface area contributed by atoms with Gasteiger partial charge in [-0.3, -0.25) is 0 Å². The Kier molecular flexibility index (Phi) is 3.24. The van der Waals surface area contributed by atoms with Crippen molar-refractivity contribution in [2.24, 2.45) is 0 Å². The second kappa shape index (κ2) is 5.26. The van der Waals surface area contributed by atoms with E-state index in [1.54, 1.807) is 12.1 Å². The highest BCUT2D eigenvalue weighted by molar-refractivity contribution is 6.31. The van der Waals surface area contributed by atoms with Crippen molar-refractivity contribution in [1.82, 2.24) is 20.4 Å². The first-order valence-corrected chi connectivity index (χ1v) is 7.44. The third-order valence-electron chi connectivity index (χ3n) is 3.79. The van der Waals surface area contributed by atoms with Crippen molar-refractivity contribution in [2.75, 3.05) is 24.5 Å².